The SMILES string of the molecule is CCCCCCCCCC(=O)O.[Rb]. The van der Waals surface area contributed by atoms with Crippen LogP contribution < -0.4 is 0 Å². The molecule has 0 heterocycles. The minimum absolute atomic E-state index is 0. The van der Waals surface area contributed by atoms with Gasteiger partial charge in [-0.1, -0.05) is 45.4 Å². The van der Waals surface area contributed by atoms with Gasteiger partial charge in [-0.2, -0.15) is 0 Å². The number of carboxylic acid groups (broad SMARTS) is 1. The average molecular weight is 258 g/mol. The summed E-state index contributed by atoms with van der Waals surface area (Å²) >= 11 is 0. The largest absolute Gasteiger partial charge is 0.481 e. The van der Waals surface area contributed by atoms with E-state index in [-0.39, 0.29) is 58.2 Å². The van der Waals surface area contributed by atoms with Crippen LogP contribution >= 0.6 is 0 Å². The summed E-state index contributed by atoms with van der Waals surface area (Å²) in [5, 5.41) is 8.35. The van der Waals surface area contributed by atoms with E-state index < -0.39 is 5.97 Å². The van der Waals surface area contributed by atoms with Crippen LogP contribution in [0.15, 0.2) is 0 Å². The maximum atomic E-state index is 10.1. The van der Waals surface area contributed by atoms with Crippen molar-refractivity contribution in [2.75, 3.05) is 0 Å². The predicted octanol–water partition coefficient (Wildman–Crippen LogP) is 2.83. The molecule has 0 saturated heterocycles. The van der Waals surface area contributed by atoms with E-state index in [4.69, 9.17) is 5.11 Å². The first kappa shape index (κ1) is 16.7. The van der Waals surface area contributed by atoms with Crippen LogP contribution in [0.2, 0.25) is 0 Å². The maximum Gasteiger partial charge on any atom is 0.303 e. The molecule has 0 aromatic heterocycles. The number of unbranched alkanes of at least 4 members (excludes halogenated alkanes) is 6. The summed E-state index contributed by atoms with van der Waals surface area (Å²) in [6, 6.07) is 0. The molecular formula is C10H20O2Rb. The van der Waals surface area contributed by atoms with Crippen molar-refractivity contribution in [3.8, 4) is 0 Å². The Morgan fingerprint density at radius 2 is 1.46 bits per heavy atom. The molecule has 73 valence electrons. The minimum Gasteiger partial charge on any atom is -0.481 e. The molecule has 0 unspecified atom stereocenters. The second-order valence-corrected chi connectivity index (χ2v) is 3.27. The summed E-state index contributed by atoms with van der Waals surface area (Å²) in [5.41, 5.74) is 0. The van der Waals surface area contributed by atoms with Gasteiger partial charge in [-0.15, -0.1) is 0 Å². The Kier molecular flexibility index (Phi) is 17.0. The van der Waals surface area contributed by atoms with Crippen molar-refractivity contribution in [2.24, 2.45) is 0 Å². The molecule has 0 aliphatic heterocycles. The molecule has 0 saturated carbocycles. The molecule has 0 bridgehead atoms. The smallest absolute Gasteiger partial charge is 0.303 e. The third-order valence-corrected chi connectivity index (χ3v) is 1.99. The van der Waals surface area contributed by atoms with Crippen molar-refractivity contribution >= 4 is 64.2 Å². The van der Waals surface area contributed by atoms with Gasteiger partial charge in [0.2, 0.25) is 0 Å². The summed E-state index contributed by atoms with van der Waals surface area (Å²) in [6.07, 6.45) is 8.64. The second-order valence-electron chi connectivity index (χ2n) is 3.27. The van der Waals surface area contributed by atoms with Crippen LogP contribution in [-0.4, -0.2) is 69.3 Å². The Morgan fingerprint density at radius 3 is 1.92 bits per heavy atom. The van der Waals surface area contributed by atoms with Gasteiger partial charge < -0.3 is 5.11 Å². The fourth-order valence-corrected chi connectivity index (χ4v) is 1.23. The topological polar surface area (TPSA) is 37.3 Å². The van der Waals surface area contributed by atoms with E-state index in [0.717, 1.165) is 12.8 Å². The maximum absolute atomic E-state index is 10.1. The number of rotatable bonds is 8. The second kappa shape index (κ2) is 13.3. The summed E-state index contributed by atoms with van der Waals surface area (Å²) in [6.45, 7) is 2.20. The van der Waals surface area contributed by atoms with E-state index in [1.54, 1.807) is 0 Å². The normalized spacial score (nSPS) is 9.31. The number of hydrogen-bond acceptors (Lipinski definition) is 1. The third-order valence-electron chi connectivity index (χ3n) is 1.99. The zero-order chi connectivity index (χ0) is 9.23. The van der Waals surface area contributed by atoms with Crippen molar-refractivity contribution in [1.82, 2.24) is 0 Å². The summed E-state index contributed by atoms with van der Waals surface area (Å²) in [7, 11) is 0. The molecule has 1 N–H and O–H groups in total. The van der Waals surface area contributed by atoms with E-state index in [9.17, 15) is 4.79 Å². The number of aliphatic carboxylic acids is 1. The molecule has 2 nitrogen and oxygen atoms in total. The van der Waals surface area contributed by atoms with Gasteiger partial charge in [-0.25, -0.2) is 0 Å². The zero-order valence-electron chi connectivity index (χ0n) is 9.01. The van der Waals surface area contributed by atoms with Gasteiger partial charge in [-0.05, 0) is 6.42 Å². The first-order chi connectivity index (χ1) is 5.77. The summed E-state index contributed by atoms with van der Waals surface area (Å²) in [4.78, 5) is 10.1. The van der Waals surface area contributed by atoms with Crippen molar-refractivity contribution in [1.29, 1.82) is 0 Å². The Bertz CT molecular complexity index is 115. The van der Waals surface area contributed by atoms with Gasteiger partial charge in [-0.3, -0.25) is 4.79 Å². The summed E-state index contributed by atoms with van der Waals surface area (Å²) < 4.78 is 0. The molecule has 0 amide bonds. The molecule has 0 aliphatic rings. The molecular weight excluding hydrogens is 238 g/mol. The van der Waals surface area contributed by atoms with Crippen LogP contribution in [0.4, 0.5) is 0 Å². The van der Waals surface area contributed by atoms with Crippen LogP contribution in [0.1, 0.15) is 58.3 Å². The Labute approximate surface area is 130 Å². The molecule has 0 spiro atoms. The predicted molar refractivity (Wildman–Crippen MR) is 56.0 cm³/mol. The molecule has 0 rings (SSSR count). The molecule has 0 aromatic rings. The van der Waals surface area contributed by atoms with Crippen molar-refractivity contribution in [3.63, 3.8) is 0 Å². The van der Waals surface area contributed by atoms with Crippen molar-refractivity contribution < 1.29 is 9.90 Å². The number of hydrogen-bond donors (Lipinski definition) is 1. The van der Waals surface area contributed by atoms with Crippen molar-refractivity contribution in [2.45, 2.75) is 58.3 Å². The standard InChI is InChI=1S/C10H20O2.Rb/c1-2-3-4-5-6-7-8-9-10(11)12;/h2-9H2,1H3,(H,11,12);. The Hall–Kier alpha value is 1.28. The quantitative estimate of drug-likeness (QED) is 0.679. The minimum atomic E-state index is -0.663. The van der Waals surface area contributed by atoms with Gasteiger partial charge in [0, 0.05) is 64.6 Å². The zero-order valence-corrected chi connectivity index (χ0v) is 13.9. The molecule has 0 aliphatic carbocycles. The average Bonchev–Trinajstić information content (AvgIpc) is 2.02. The van der Waals surface area contributed by atoms with Gasteiger partial charge in [0.1, 0.15) is 0 Å². The Morgan fingerprint density at radius 1 is 1.00 bits per heavy atom. The van der Waals surface area contributed by atoms with Gasteiger partial charge in [0.25, 0.3) is 0 Å². The molecule has 0 atom stereocenters. The van der Waals surface area contributed by atoms with Crippen LogP contribution in [0, 0.1) is 0 Å². The van der Waals surface area contributed by atoms with Crippen LogP contribution in [0.25, 0.3) is 0 Å². The number of carboxylic acids is 1. The molecule has 1 radical (unpaired) electrons. The fourth-order valence-electron chi connectivity index (χ4n) is 1.23. The Balaban J connectivity index is 0. The van der Waals surface area contributed by atoms with Gasteiger partial charge in [0.05, 0.1) is 0 Å². The third kappa shape index (κ3) is 16.0. The van der Waals surface area contributed by atoms with E-state index in [2.05, 4.69) is 6.92 Å². The van der Waals surface area contributed by atoms with E-state index in [0.29, 0.717) is 6.42 Å². The first-order valence-corrected chi connectivity index (χ1v) is 4.99. The van der Waals surface area contributed by atoms with Crippen LogP contribution in [-0.2, 0) is 4.79 Å². The van der Waals surface area contributed by atoms with Gasteiger partial charge in [0.15, 0.2) is 0 Å². The molecule has 0 aromatic carbocycles. The van der Waals surface area contributed by atoms with E-state index >= 15 is 0 Å². The van der Waals surface area contributed by atoms with Crippen molar-refractivity contribution in [3.05, 3.63) is 0 Å². The monoisotopic (exact) mass is 257 g/mol. The number of carbonyl (C=O) groups is 1. The van der Waals surface area contributed by atoms with Crippen LogP contribution in [0.3, 0.4) is 0 Å². The van der Waals surface area contributed by atoms with Crippen LogP contribution in [0.5, 0.6) is 0 Å². The summed E-state index contributed by atoms with van der Waals surface area (Å²) in [5.74, 6) is -0.663. The molecule has 13 heavy (non-hydrogen) atoms. The van der Waals surface area contributed by atoms with E-state index in [1.165, 1.54) is 32.1 Å². The fraction of sp³-hybridized carbons (Fsp3) is 0.900. The van der Waals surface area contributed by atoms with E-state index in [1.807, 2.05) is 0 Å². The molecule has 3 heteroatoms. The molecule has 0 fully saturated rings. The first-order valence-electron chi connectivity index (χ1n) is 4.99. The van der Waals surface area contributed by atoms with Gasteiger partial charge >= 0.3 is 5.97 Å².